The number of rotatable bonds is 6. The van der Waals surface area contributed by atoms with Crippen LogP contribution in [0.1, 0.15) is 42.7 Å². The van der Waals surface area contributed by atoms with Crippen molar-refractivity contribution >= 4 is 33.6 Å². The lowest BCUT2D eigenvalue weighted by Crippen LogP contribution is -2.39. The fourth-order valence-corrected chi connectivity index (χ4v) is 3.60. The van der Waals surface area contributed by atoms with E-state index in [0.717, 1.165) is 22.3 Å². The van der Waals surface area contributed by atoms with Crippen molar-refractivity contribution in [2.75, 3.05) is 19.1 Å². The summed E-state index contributed by atoms with van der Waals surface area (Å²) in [6.45, 7) is 2.14. The van der Waals surface area contributed by atoms with Crippen LogP contribution in [0.5, 0.6) is 0 Å². The summed E-state index contributed by atoms with van der Waals surface area (Å²) in [4.78, 5) is 14.6. The molecule has 1 atom stereocenters. The number of carbonyl (C=O) groups excluding carboxylic acids is 1. The van der Waals surface area contributed by atoms with E-state index in [9.17, 15) is 4.79 Å². The molecule has 0 radical (unpaired) electrons. The molecule has 1 saturated carbocycles. The largest absolute Gasteiger partial charge is 0.339 e. The highest BCUT2D eigenvalue weighted by atomic mass is 79.9. The highest BCUT2D eigenvalue weighted by molar-refractivity contribution is 9.10. The van der Waals surface area contributed by atoms with Gasteiger partial charge in [-0.3, -0.25) is 4.79 Å². The maximum absolute atomic E-state index is 12.7. The standard InChI is InChI=1S/C14H21BrN2OS/c1-4-11(9-19-3)16(2)14(18)13-7-10(15)8-17(13)12-5-6-12/h7-8,11-12H,4-6,9H2,1-3H3. The van der Waals surface area contributed by atoms with Gasteiger partial charge in [-0.2, -0.15) is 11.8 Å². The number of nitrogens with zero attached hydrogens (tertiary/aromatic N) is 2. The van der Waals surface area contributed by atoms with E-state index >= 15 is 0 Å². The summed E-state index contributed by atoms with van der Waals surface area (Å²) in [6.07, 6.45) is 7.49. The molecule has 0 aliphatic heterocycles. The summed E-state index contributed by atoms with van der Waals surface area (Å²) in [5.41, 5.74) is 0.816. The van der Waals surface area contributed by atoms with E-state index in [2.05, 4.69) is 33.7 Å². The zero-order chi connectivity index (χ0) is 14.0. The molecule has 0 bridgehead atoms. The Hall–Kier alpha value is -0.420. The van der Waals surface area contributed by atoms with Crippen molar-refractivity contribution in [3.8, 4) is 0 Å². The molecule has 106 valence electrons. The minimum Gasteiger partial charge on any atom is -0.339 e. The lowest BCUT2D eigenvalue weighted by Gasteiger charge is -2.27. The topological polar surface area (TPSA) is 25.2 Å². The number of hydrogen-bond donors (Lipinski definition) is 0. The maximum atomic E-state index is 12.7. The second-order valence-electron chi connectivity index (χ2n) is 5.12. The third-order valence-electron chi connectivity index (χ3n) is 3.67. The molecule has 0 N–H and O–H groups in total. The van der Waals surface area contributed by atoms with Gasteiger partial charge in [-0.1, -0.05) is 6.92 Å². The Balaban J connectivity index is 2.18. The predicted octanol–water partition coefficient (Wildman–Crippen LogP) is 3.80. The smallest absolute Gasteiger partial charge is 0.270 e. The van der Waals surface area contributed by atoms with E-state index in [1.165, 1.54) is 12.8 Å². The molecule has 0 aromatic carbocycles. The predicted molar refractivity (Wildman–Crippen MR) is 85.0 cm³/mol. The first-order valence-corrected chi connectivity index (χ1v) is 8.90. The number of halogens is 1. The highest BCUT2D eigenvalue weighted by Crippen LogP contribution is 2.37. The molecular weight excluding hydrogens is 324 g/mol. The number of amides is 1. The van der Waals surface area contributed by atoms with Crippen molar-refractivity contribution in [1.29, 1.82) is 0 Å². The minimum absolute atomic E-state index is 0.138. The van der Waals surface area contributed by atoms with Gasteiger partial charge in [0.05, 0.1) is 0 Å². The van der Waals surface area contributed by atoms with E-state index < -0.39 is 0 Å². The van der Waals surface area contributed by atoms with Gasteiger partial charge in [-0.05, 0) is 47.5 Å². The van der Waals surface area contributed by atoms with E-state index in [0.29, 0.717) is 12.1 Å². The molecule has 1 amide bonds. The summed E-state index contributed by atoms with van der Waals surface area (Å²) in [5.74, 6) is 1.13. The molecule has 0 spiro atoms. The average Bonchev–Trinajstić information content (AvgIpc) is 3.17. The molecule has 1 heterocycles. The molecule has 1 aliphatic rings. The molecular formula is C14H21BrN2OS. The molecule has 1 aliphatic carbocycles. The first-order chi connectivity index (χ1) is 9.08. The zero-order valence-electron chi connectivity index (χ0n) is 11.7. The van der Waals surface area contributed by atoms with Crippen LogP contribution >= 0.6 is 27.7 Å². The molecule has 1 unspecified atom stereocenters. The number of hydrogen-bond acceptors (Lipinski definition) is 2. The summed E-state index contributed by atoms with van der Waals surface area (Å²) in [7, 11) is 1.92. The fraction of sp³-hybridized carbons (Fsp3) is 0.643. The second kappa shape index (κ2) is 6.35. The molecule has 0 saturated heterocycles. The summed E-state index contributed by atoms with van der Waals surface area (Å²) >= 11 is 5.28. The van der Waals surface area contributed by atoms with Crippen molar-refractivity contribution in [2.24, 2.45) is 0 Å². The van der Waals surface area contributed by atoms with Crippen LogP contribution < -0.4 is 0 Å². The average molecular weight is 345 g/mol. The van der Waals surface area contributed by atoms with Gasteiger partial charge in [0.15, 0.2) is 0 Å². The van der Waals surface area contributed by atoms with E-state index in [-0.39, 0.29) is 5.91 Å². The summed E-state index contributed by atoms with van der Waals surface area (Å²) in [5, 5.41) is 0. The van der Waals surface area contributed by atoms with Crippen LogP contribution in [0.25, 0.3) is 0 Å². The minimum atomic E-state index is 0.138. The van der Waals surface area contributed by atoms with Gasteiger partial charge >= 0.3 is 0 Å². The van der Waals surface area contributed by atoms with Crippen molar-refractivity contribution in [2.45, 2.75) is 38.3 Å². The Labute approximate surface area is 127 Å². The highest BCUT2D eigenvalue weighted by Gasteiger charge is 2.30. The third kappa shape index (κ3) is 3.37. The first kappa shape index (κ1) is 15.0. The van der Waals surface area contributed by atoms with Gasteiger partial charge in [-0.25, -0.2) is 0 Å². The SMILES string of the molecule is CCC(CSC)N(C)C(=O)c1cc(Br)cn1C1CC1. The van der Waals surface area contributed by atoms with Crippen LogP contribution in [0, 0.1) is 0 Å². The molecule has 1 aromatic rings. The van der Waals surface area contributed by atoms with Crippen molar-refractivity contribution in [3.63, 3.8) is 0 Å². The number of carbonyl (C=O) groups is 1. The molecule has 1 aromatic heterocycles. The number of aromatic nitrogens is 1. The van der Waals surface area contributed by atoms with Crippen LogP contribution in [-0.4, -0.2) is 40.5 Å². The normalized spacial score (nSPS) is 16.4. The molecule has 2 rings (SSSR count). The van der Waals surface area contributed by atoms with Crippen LogP contribution in [0.3, 0.4) is 0 Å². The van der Waals surface area contributed by atoms with Gasteiger partial charge in [-0.15, -0.1) is 0 Å². The van der Waals surface area contributed by atoms with Gasteiger partial charge < -0.3 is 9.47 Å². The molecule has 1 fully saturated rings. The summed E-state index contributed by atoms with van der Waals surface area (Å²) < 4.78 is 3.13. The monoisotopic (exact) mass is 344 g/mol. The van der Waals surface area contributed by atoms with Gasteiger partial charge in [0.2, 0.25) is 0 Å². The van der Waals surface area contributed by atoms with Gasteiger partial charge in [0.1, 0.15) is 5.69 Å². The van der Waals surface area contributed by atoms with Crippen molar-refractivity contribution < 1.29 is 4.79 Å². The van der Waals surface area contributed by atoms with Crippen LogP contribution in [0.2, 0.25) is 0 Å². The van der Waals surface area contributed by atoms with Gasteiger partial charge in [0.25, 0.3) is 5.91 Å². The van der Waals surface area contributed by atoms with E-state index in [4.69, 9.17) is 0 Å². The van der Waals surface area contributed by atoms with Gasteiger partial charge in [0, 0.05) is 35.6 Å². The maximum Gasteiger partial charge on any atom is 0.270 e. The van der Waals surface area contributed by atoms with E-state index in [1.807, 2.05) is 24.2 Å². The lowest BCUT2D eigenvalue weighted by atomic mass is 10.2. The Kier molecular flexibility index (Phi) is 5.01. The van der Waals surface area contributed by atoms with Crippen LogP contribution in [0.15, 0.2) is 16.7 Å². The summed E-state index contributed by atoms with van der Waals surface area (Å²) in [6, 6.07) is 2.78. The van der Waals surface area contributed by atoms with Crippen LogP contribution in [0.4, 0.5) is 0 Å². The lowest BCUT2D eigenvalue weighted by molar-refractivity contribution is 0.0732. The Bertz CT molecular complexity index is 456. The number of thioether (sulfide) groups is 1. The first-order valence-electron chi connectivity index (χ1n) is 6.72. The Morgan fingerprint density at radius 1 is 1.63 bits per heavy atom. The second-order valence-corrected chi connectivity index (χ2v) is 6.94. The van der Waals surface area contributed by atoms with Crippen molar-refractivity contribution in [3.05, 3.63) is 22.4 Å². The van der Waals surface area contributed by atoms with Crippen LogP contribution in [-0.2, 0) is 0 Å². The Morgan fingerprint density at radius 2 is 2.32 bits per heavy atom. The zero-order valence-corrected chi connectivity index (χ0v) is 14.1. The molecule has 19 heavy (non-hydrogen) atoms. The molecule has 5 heteroatoms. The van der Waals surface area contributed by atoms with Crippen molar-refractivity contribution in [1.82, 2.24) is 9.47 Å². The van der Waals surface area contributed by atoms with E-state index in [1.54, 1.807) is 11.8 Å². The fourth-order valence-electron chi connectivity index (χ4n) is 2.31. The Morgan fingerprint density at radius 3 is 2.84 bits per heavy atom. The third-order valence-corrected chi connectivity index (χ3v) is 4.82. The molecule has 3 nitrogen and oxygen atoms in total. The quantitative estimate of drug-likeness (QED) is 0.784.